The molecule has 1 fully saturated rings. The molecule has 4 rings (SSSR count). The van der Waals surface area contributed by atoms with Crippen molar-refractivity contribution >= 4 is 11.9 Å². The highest BCUT2D eigenvalue weighted by molar-refractivity contribution is 5.99. The van der Waals surface area contributed by atoms with Crippen LogP contribution in [0, 0.1) is 6.92 Å². The first kappa shape index (κ1) is 22.7. The number of halogens is 3. The monoisotopic (exact) mass is 456 g/mol. The Labute approximate surface area is 189 Å². The number of ether oxygens (including phenoxy) is 1. The number of alkyl halides is 3. The Bertz CT molecular complexity index is 1140. The lowest BCUT2D eigenvalue weighted by molar-refractivity contribution is -0.137. The average molecular weight is 456 g/mol. The van der Waals surface area contributed by atoms with E-state index in [1.54, 1.807) is 0 Å². The van der Waals surface area contributed by atoms with E-state index in [-0.39, 0.29) is 12.1 Å². The molecule has 1 saturated heterocycles. The summed E-state index contributed by atoms with van der Waals surface area (Å²) in [6, 6.07) is 12.5. The van der Waals surface area contributed by atoms with Crippen LogP contribution in [0.2, 0.25) is 0 Å². The fraction of sp³-hybridized carbons (Fsp3) is 0.292. The van der Waals surface area contributed by atoms with Crippen LogP contribution in [-0.4, -0.2) is 42.2 Å². The summed E-state index contributed by atoms with van der Waals surface area (Å²) in [5.74, 6) is 0.0432. The van der Waals surface area contributed by atoms with Crippen LogP contribution in [0.15, 0.2) is 54.7 Å². The molecule has 9 heteroatoms. The van der Waals surface area contributed by atoms with Crippen molar-refractivity contribution in [3.63, 3.8) is 0 Å². The number of rotatable bonds is 5. The highest BCUT2D eigenvalue weighted by Gasteiger charge is 2.30. The Balaban J connectivity index is 1.61. The molecule has 0 radical (unpaired) electrons. The van der Waals surface area contributed by atoms with Crippen LogP contribution in [0.25, 0.3) is 11.3 Å². The lowest BCUT2D eigenvalue weighted by atomic mass is 10.0. The van der Waals surface area contributed by atoms with Gasteiger partial charge in [0.05, 0.1) is 30.0 Å². The quantitative estimate of drug-likeness (QED) is 0.622. The van der Waals surface area contributed by atoms with Gasteiger partial charge in [0.25, 0.3) is 5.91 Å². The Morgan fingerprint density at radius 2 is 1.88 bits per heavy atom. The van der Waals surface area contributed by atoms with Gasteiger partial charge in [-0.3, -0.25) is 4.79 Å². The van der Waals surface area contributed by atoms with E-state index in [1.807, 2.05) is 36.1 Å². The molecule has 0 spiro atoms. The zero-order valence-corrected chi connectivity index (χ0v) is 18.0. The molecule has 0 saturated carbocycles. The third kappa shape index (κ3) is 5.48. The standard InChI is InChI=1S/C24H23F3N4O2/c1-16-4-2-6-18(12-16)21-20(15-29-23(30-21)31-8-10-33-11-9-31)22(32)28-14-17-5-3-7-19(13-17)24(25,26)27/h2-7,12-13,15H,8-11,14H2,1H3,(H,28,32). The molecule has 1 aliphatic rings. The SMILES string of the molecule is Cc1cccc(-c2nc(N3CCOCC3)ncc2C(=O)NCc2cccc(C(F)(F)F)c2)c1. The van der Waals surface area contributed by atoms with Crippen molar-refractivity contribution in [1.29, 1.82) is 0 Å². The maximum atomic E-state index is 13.0. The van der Waals surface area contributed by atoms with Crippen LogP contribution in [-0.2, 0) is 17.5 Å². The normalized spacial score (nSPS) is 14.2. The first-order valence-corrected chi connectivity index (χ1v) is 10.5. The maximum absolute atomic E-state index is 13.0. The van der Waals surface area contributed by atoms with Gasteiger partial charge in [-0.05, 0) is 30.7 Å². The van der Waals surface area contributed by atoms with Crippen LogP contribution >= 0.6 is 0 Å². The molecule has 0 bridgehead atoms. The molecule has 172 valence electrons. The van der Waals surface area contributed by atoms with Crippen molar-refractivity contribution in [2.24, 2.45) is 0 Å². The number of nitrogens with zero attached hydrogens (tertiary/aromatic N) is 3. The molecule has 3 aromatic rings. The summed E-state index contributed by atoms with van der Waals surface area (Å²) in [7, 11) is 0. The van der Waals surface area contributed by atoms with Gasteiger partial charge < -0.3 is 15.0 Å². The number of carbonyl (C=O) groups excluding carboxylic acids is 1. The van der Waals surface area contributed by atoms with E-state index in [0.29, 0.717) is 43.5 Å². The second kappa shape index (κ2) is 9.58. The van der Waals surface area contributed by atoms with Crippen LogP contribution in [0.1, 0.15) is 27.0 Å². The predicted molar refractivity (Wildman–Crippen MR) is 118 cm³/mol. The Morgan fingerprint density at radius 1 is 1.12 bits per heavy atom. The molecule has 2 heterocycles. The topological polar surface area (TPSA) is 67.3 Å². The predicted octanol–water partition coefficient (Wildman–Crippen LogP) is 4.24. The van der Waals surface area contributed by atoms with E-state index in [2.05, 4.69) is 15.3 Å². The lowest BCUT2D eigenvalue weighted by Crippen LogP contribution is -2.37. The van der Waals surface area contributed by atoms with Crippen LogP contribution in [0.4, 0.5) is 19.1 Å². The molecule has 0 unspecified atom stereocenters. The third-order valence-corrected chi connectivity index (χ3v) is 5.31. The van der Waals surface area contributed by atoms with Gasteiger partial charge in [0.15, 0.2) is 0 Å². The van der Waals surface area contributed by atoms with Crippen molar-refractivity contribution in [2.45, 2.75) is 19.6 Å². The number of amides is 1. The Kier molecular flexibility index (Phi) is 6.60. The minimum Gasteiger partial charge on any atom is -0.378 e. The fourth-order valence-electron chi connectivity index (χ4n) is 3.60. The van der Waals surface area contributed by atoms with Gasteiger partial charge in [0.1, 0.15) is 0 Å². The first-order valence-electron chi connectivity index (χ1n) is 10.5. The summed E-state index contributed by atoms with van der Waals surface area (Å²) in [6.07, 6.45) is -2.97. The molecule has 0 atom stereocenters. The van der Waals surface area contributed by atoms with Gasteiger partial charge in [0, 0.05) is 31.4 Å². The van der Waals surface area contributed by atoms with Crippen molar-refractivity contribution < 1.29 is 22.7 Å². The van der Waals surface area contributed by atoms with E-state index >= 15 is 0 Å². The third-order valence-electron chi connectivity index (χ3n) is 5.31. The highest BCUT2D eigenvalue weighted by Crippen LogP contribution is 2.29. The number of hydrogen-bond donors (Lipinski definition) is 1. The average Bonchev–Trinajstić information content (AvgIpc) is 2.82. The number of carbonyl (C=O) groups is 1. The van der Waals surface area contributed by atoms with Crippen molar-refractivity contribution in [3.8, 4) is 11.3 Å². The van der Waals surface area contributed by atoms with Gasteiger partial charge in [0.2, 0.25) is 5.95 Å². The van der Waals surface area contributed by atoms with Crippen LogP contribution in [0.3, 0.4) is 0 Å². The molecule has 2 aromatic carbocycles. The minimum atomic E-state index is -4.44. The van der Waals surface area contributed by atoms with E-state index in [4.69, 9.17) is 4.74 Å². The zero-order valence-electron chi connectivity index (χ0n) is 18.0. The number of benzene rings is 2. The summed E-state index contributed by atoms with van der Waals surface area (Å²) in [4.78, 5) is 24.1. The lowest BCUT2D eigenvalue weighted by Gasteiger charge is -2.27. The first-order chi connectivity index (χ1) is 15.8. The number of hydrogen-bond acceptors (Lipinski definition) is 5. The fourth-order valence-corrected chi connectivity index (χ4v) is 3.60. The summed E-state index contributed by atoms with van der Waals surface area (Å²) in [5.41, 5.74) is 2.08. The van der Waals surface area contributed by atoms with Gasteiger partial charge in [-0.25, -0.2) is 9.97 Å². The minimum absolute atomic E-state index is 0.0543. The van der Waals surface area contributed by atoms with E-state index in [9.17, 15) is 18.0 Å². The summed E-state index contributed by atoms with van der Waals surface area (Å²) in [6.45, 7) is 4.33. The van der Waals surface area contributed by atoms with Crippen molar-refractivity contribution in [3.05, 3.63) is 77.0 Å². The van der Waals surface area contributed by atoms with Crippen LogP contribution < -0.4 is 10.2 Å². The van der Waals surface area contributed by atoms with Crippen molar-refractivity contribution in [2.75, 3.05) is 31.2 Å². The second-order valence-electron chi connectivity index (χ2n) is 7.78. The van der Waals surface area contributed by atoms with Crippen molar-refractivity contribution in [1.82, 2.24) is 15.3 Å². The molecule has 1 aromatic heterocycles. The van der Waals surface area contributed by atoms with Gasteiger partial charge in [-0.2, -0.15) is 13.2 Å². The molecule has 1 N–H and O–H groups in total. The second-order valence-corrected chi connectivity index (χ2v) is 7.78. The number of morpholine rings is 1. The number of anilines is 1. The molecule has 33 heavy (non-hydrogen) atoms. The largest absolute Gasteiger partial charge is 0.416 e. The number of nitrogens with one attached hydrogen (secondary N) is 1. The number of aromatic nitrogens is 2. The zero-order chi connectivity index (χ0) is 23.4. The summed E-state index contributed by atoms with van der Waals surface area (Å²) >= 11 is 0. The molecular weight excluding hydrogens is 433 g/mol. The Morgan fingerprint density at radius 3 is 2.61 bits per heavy atom. The summed E-state index contributed by atoms with van der Waals surface area (Å²) in [5, 5.41) is 2.70. The van der Waals surface area contributed by atoms with E-state index < -0.39 is 17.6 Å². The molecule has 1 aliphatic heterocycles. The Hall–Kier alpha value is -3.46. The molecule has 6 nitrogen and oxygen atoms in total. The van der Waals surface area contributed by atoms with Gasteiger partial charge in [-0.15, -0.1) is 0 Å². The smallest absolute Gasteiger partial charge is 0.378 e. The van der Waals surface area contributed by atoms with Crippen LogP contribution in [0.5, 0.6) is 0 Å². The summed E-state index contributed by atoms with van der Waals surface area (Å²) < 4.78 is 44.3. The van der Waals surface area contributed by atoms with E-state index in [1.165, 1.54) is 18.3 Å². The number of aryl methyl sites for hydroxylation is 1. The van der Waals surface area contributed by atoms with Gasteiger partial charge in [-0.1, -0.05) is 35.9 Å². The van der Waals surface area contributed by atoms with E-state index in [0.717, 1.165) is 23.3 Å². The van der Waals surface area contributed by atoms with Gasteiger partial charge >= 0.3 is 6.18 Å². The molecular formula is C24H23F3N4O2. The molecule has 1 amide bonds. The maximum Gasteiger partial charge on any atom is 0.416 e. The highest BCUT2D eigenvalue weighted by atomic mass is 19.4. The molecule has 0 aliphatic carbocycles.